The SMILES string of the molecule is O=C(CN1CCOC1=O)C1CCCC1. The summed E-state index contributed by atoms with van der Waals surface area (Å²) in [7, 11) is 0. The molecule has 1 heterocycles. The van der Waals surface area contributed by atoms with E-state index in [2.05, 4.69) is 0 Å². The Morgan fingerprint density at radius 2 is 2.14 bits per heavy atom. The average molecular weight is 197 g/mol. The van der Waals surface area contributed by atoms with Crippen LogP contribution in [0.25, 0.3) is 0 Å². The van der Waals surface area contributed by atoms with E-state index in [9.17, 15) is 9.59 Å². The molecule has 1 amide bonds. The van der Waals surface area contributed by atoms with E-state index in [1.54, 1.807) is 0 Å². The largest absolute Gasteiger partial charge is 0.448 e. The van der Waals surface area contributed by atoms with Gasteiger partial charge in [0.05, 0.1) is 13.1 Å². The fourth-order valence-corrected chi connectivity index (χ4v) is 2.13. The normalized spacial score (nSPS) is 22.9. The Morgan fingerprint density at radius 3 is 2.71 bits per heavy atom. The van der Waals surface area contributed by atoms with E-state index in [0.29, 0.717) is 13.2 Å². The summed E-state index contributed by atoms with van der Waals surface area (Å²) >= 11 is 0. The molecule has 1 aliphatic heterocycles. The second-order valence-electron chi connectivity index (χ2n) is 3.98. The maximum absolute atomic E-state index is 11.7. The number of carbonyl (C=O) groups excluding carboxylic acids is 2. The molecular weight excluding hydrogens is 182 g/mol. The zero-order valence-electron chi connectivity index (χ0n) is 8.20. The molecule has 0 aromatic rings. The van der Waals surface area contributed by atoms with Crippen molar-refractivity contribution in [2.45, 2.75) is 25.7 Å². The Morgan fingerprint density at radius 1 is 1.43 bits per heavy atom. The van der Waals surface area contributed by atoms with E-state index in [0.717, 1.165) is 25.7 Å². The fraction of sp³-hybridized carbons (Fsp3) is 0.800. The molecule has 2 rings (SSSR count). The van der Waals surface area contributed by atoms with Gasteiger partial charge in [0, 0.05) is 5.92 Å². The molecule has 0 aromatic carbocycles. The molecule has 2 fully saturated rings. The van der Waals surface area contributed by atoms with Gasteiger partial charge in [-0.15, -0.1) is 0 Å². The summed E-state index contributed by atoms with van der Waals surface area (Å²) in [5, 5.41) is 0. The third-order valence-electron chi connectivity index (χ3n) is 3.00. The highest BCUT2D eigenvalue weighted by molar-refractivity contribution is 5.86. The maximum Gasteiger partial charge on any atom is 0.410 e. The van der Waals surface area contributed by atoms with Crippen molar-refractivity contribution < 1.29 is 14.3 Å². The minimum Gasteiger partial charge on any atom is -0.448 e. The van der Waals surface area contributed by atoms with E-state index in [1.165, 1.54) is 4.90 Å². The van der Waals surface area contributed by atoms with Crippen LogP contribution < -0.4 is 0 Å². The number of hydrogen-bond donors (Lipinski definition) is 0. The lowest BCUT2D eigenvalue weighted by atomic mass is 10.0. The molecule has 78 valence electrons. The summed E-state index contributed by atoms with van der Waals surface area (Å²) in [5.74, 6) is 0.407. The predicted octanol–water partition coefficient (Wildman–Crippen LogP) is 1.20. The van der Waals surface area contributed by atoms with Crippen molar-refractivity contribution in [2.75, 3.05) is 19.7 Å². The average Bonchev–Trinajstić information content (AvgIpc) is 2.77. The van der Waals surface area contributed by atoms with Crippen molar-refractivity contribution in [3.63, 3.8) is 0 Å². The van der Waals surface area contributed by atoms with Gasteiger partial charge in [0.15, 0.2) is 5.78 Å². The zero-order valence-corrected chi connectivity index (χ0v) is 8.20. The molecule has 2 aliphatic rings. The third kappa shape index (κ3) is 1.89. The summed E-state index contributed by atoms with van der Waals surface area (Å²) < 4.78 is 4.76. The number of ketones is 1. The second kappa shape index (κ2) is 3.98. The van der Waals surface area contributed by atoms with Gasteiger partial charge in [0.25, 0.3) is 0 Å². The molecule has 1 saturated carbocycles. The first kappa shape index (κ1) is 9.49. The van der Waals surface area contributed by atoms with E-state index in [4.69, 9.17) is 4.74 Å². The standard InChI is InChI=1S/C10H15NO3/c12-9(8-3-1-2-4-8)7-11-5-6-14-10(11)13/h8H,1-7H2. The lowest BCUT2D eigenvalue weighted by Crippen LogP contribution is -2.33. The number of ether oxygens (including phenoxy) is 1. The molecule has 0 unspecified atom stereocenters. The van der Waals surface area contributed by atoms with Crippen molar-refractivity contribution >= 4 is 11.9 Å². The topological polar surface area (TPSA) is 46.6 Å². The van der Waals surface area contributed by atoms with Crippen molar-refractivity contribution in [3.05, 3.63) is 0 Å². The molecule has 0 radical (unpaired) electrons. The van der Waals surface area contributed by atoms with Crippen LogP contribution in [0.1, 0.15) is 25.7 Å². The first-order valence-electron chi connectivity index (χ1n) is 5.22. The Balaban J connectivity index is 1.84. The molecule has 1 aliphatic carbocycles. The van der Waals surface area contributed by atoms with Crippen molar-refractivity contribution in [1.82, 2.24) is 4.90 Å². The van der Waals surface area contributed by atoms with Crippen LogP contribution in [-0.4, -0.2) is 36.5 Å². The summed E-state index contributed by atoms with van der Waals surface area (Å²) in [6.45, 7) is 1.25. The highest BCUT2D eigenvalue weighted by Gasteiger charge is 2.28. The molecule has 0 spiro atoms. The fourth-order valence-electron chi connectivity index (χ4n) is 2.13. The molecule has 0 bridgehead atoms. The molecular formula is C10H15NO3. The molecule has 4 heteroatoms. The number of hydrogen-bond acceptors (Lipinski definition) is 3. The van der Waals surface area contributed by atoms with Gasteiger partial charge in [-0.2, -0.15) is 0 Å². The molecule has 0 N–H and O–H groups in total. The van der Waals surface area contributed by atoms with E-state index >= 15 is 0 Å². The Bertz CT molecular complexity index is 246. The first-order chi connectivity index (χ1) is 6.77. The van der Waals surface area contributed by atoms with Gasteiger partial charge in [-0.1, -0.05) is 12.8 Å². The number of rotatable bonds is 3. The van der Waals surface area contributed by atoms with Crippen molar-refractivity contribution in [1.29, 1.82) is 0 Å². The van der Waals surface area contributed by atoms with Gasteiger partial charge in [-0.25, -0.2) is 4.79 Å². The van der Waals surface area contributed by atoms with Gasteiger partial charge < -0.3 is 4.74 Å². The summed E-state index contributed by atoms with van der Waals surface area (Å²) in [5.41, 5.74) is 0. The van der Waals surface area contributed by atoms with Crippen molar-refractivity contribution in [3.8, 4) is 0 Å². The van der Waals surface area contributed by atoms with Crippen LogP contribution in [0.5, 0.6) is 0 Å². The highest BCUT2D eigenvalue weighted by Crippen LogP contribution is 2.25. The lowest BCUT2D eigenvalue weighted by Gasteiger charge is -2.14. The number of nitrogens with zero attached hydrogens (tertiary/aromatic N) is 1. The first-order valence-corrected chi connectivity index (χ1v) is 5.22. The Labute approximate surface area is 83.2 Å². The molecule has 14 heavy (non-hydrogen) atoms. The third-order valence-corrected chi connectivity index (χ3v) is 3.00. The van der Waals surface area contributed by atoms with Crippen LogP contribution in [0.2, 0.25) is 0 Å². The van der Waals surface area contributed by atoms with E-state index in [1.807, 2.05) is 0 Å². The Kier molecular flexibility index (Phi) is 2.70. The van der Waals surface area contributed by atoms with E-state index < -0.39 is 0 Å². The lowest BCUT2D eigenvalue weighted by molar-refractivity contribution is -0.123. The van der Waals surface area contributed by atoms with Gasteiger partial charge in [-0.05, 0) is 12.8 Å². The van der Waals surface area contributed by atoms with E-state index in [-0.39, 0.29) is 24.3 Å². The Hall–Kier alpha value is -1.06. The predicted molar refractivity (Wildman–Crippen MR) is 49.9 cm³/mol. The van der Waals surface area contributed by atoms with Crippen LogP contribution in [0.4, 0.5) is 4.79 Å². The van der Waals surface area contributed by atoms with Crippen LogP contribution >= 0.6 is 0 Å². The van der Waals surface area contributed by atoms with Gasteiger partial charge >= 0.3 is 6.09 Å². The second-order valence-corrected chi connectivity index (χ2v) is 3.98. The number of Topliss-reactive ketones (excluding diaryl/α,β-unsaturated/α-hetero) is 1. The molecule has 0 atom stereocenters. The molecule has 1 saturated heterocycles. The molecule has 0 aromatic heterocycles. The summed E-state index contributed by atoms with van der Waals surface area (Å²) in [6.07, 6.45) is 3.97. The molecule has 4 nitrogen and oxygen atoms in total. The van der Waals surface area contributed by atoms with Gasteiger partial charge in [0.2, 0.25) is 0 Å². The van der Waals surface area contributed by atoms with Crippen LogP contribution in [0, 0.1) is 5.92 Å². The van der Waals surface area contributed by atoms with Crippen LogP contribution in [-0.2, 0) is 9.53 Å². The monoisotopic (exact) mass is 197 g/mol. The quantitative estimate of drug-likeness (QED) is 0.683. The highest BCUT2D eigenvalue weighted by atomic mass is 16.6. The maximum atomic E-state index is 11.7. The number of cyclic esters (lactones) is 1. The summed E-state index contributed by atoms with van der Waals surface area (Å²) in [4.78, 5) is 24.3. The van der Waals surface area contributed by atoms with Crippen LogP contribution in [0.15, 0.2) is 0 Å². The minimum absolute atomic E-state index is 0.198. The number of amides is 1. The van der Waals surface area contributed by atoms with Crippen molar-refractivity contribution in [2.24, 2.45) is 5.92 Å². The van der Waals surface area contributed by atoms with Crippen LogP contribution in [0.3, 0.4) is 0 Å². The minimum atomic E-state index is -0.337. The number of carbonyl (C=O) groups is 2. The summed E-state index contributed by atoms with van der Waals surface area (Å²) in [6, 6.07) is 0. The van der Waals surface area contributed by atoms with Gasteiger partial charge in [0.1, 0.15) is 6.61 Å². The zero-order chi connectivity index (χ0) is 9.97. The smallest absolute Gasteiger partial charge is 0.410 e. The van der Waals surface area contributed by atoms with Gasteiger partial charge in [-0.3, -0.25) is 9.69 Å².